The fraction of sp³-hybridized carbons (Fsp3) is 0.500. The zero-order valence-electron chi connectivity index (χ0n) is 13.4. The van der Waals surface area contributed by atoms with E-state index in [9.17, 15) is 14.7 Å². The van der Waals surface area contributed by atoms with Crippen LogP contribution in [0.5, 0.6) is 0 Å². The number of aliphatic hydroxyl groups is 1. The summed E-state index contributed by atoms with van der Waals surface area (Å²) in [5.41, 5.74) is 1.60. The van der Waals surface area contributed by atoms with E-state index in [0.29, 0.717) is 29.7 Å². The van der Waals surface area contributed by atoms with Crippen molar-refractivity contribution in [1.29, 1.82) is 0 Å². The molecule has 3 rings (SSSR count). The molecule has 2 aromatic rings. The first kappa shape index (κ1) is 16.4. The number of carbonyl (C=O) groups is 2. The Hall–Kier alpha value is -2.48. The van der Waals surface area contributed by atoms with E-state index in [1.54, 1.807) is 23.1 Å². The SMILES string of the molecule is O=C(N[C@@H](CO)C(=O)N1CCCCCC1)c1ccc2n[nH]nc2c1. The van der Waals surface area contributed by atoms with Gasteiger partial charge in [-0.05, 0) is 31.0 Å². The normalized spacial score (nSPS) is 16.6. The highest BCUT2D eigenvalue weighted by molar-refractivity contribution is 5.99. The molecule has 128 valence electrons. The first-order chi connectivity index (χ1) is 11.7. The van der Waals surface area contributed by atoms with Gasteiger partial charge >= 0.3 is 0 Å². The topological polar surface area (TPSA) is 111 Å². The number of aromatic amines is 1. The van der Waals surface area contributed by atoms with Crippen molar-refractivity contribution in [3.8, 4) is 0 Å². The standard InChI is InChI=1S/C16H21N5O3/c22-10-14(16(24)21-7-3-1-2-4-8-21)17-15(23)11-5-6-12-13(9-11)19-20-18-12/h5-6,9,14,22H,1-4,7-8,10H2,(H,17,23)(H,18,19,20)/t14-/m0/s1. The van der Waals surface area contributed by atoms with Crippen LogP contribution in [0.1, 0.15) is 36.0 Å². The molecule has 1 aliphatic heterocycles. The molecule has 0 aliphatic carbocycles. The Morgan fingerprint density at radius 3 is 2.58 bits per heavy atom. The van der Waals surface area contributed by atoms with Gasteiger partial charge in [0.2, 0.25) is 5.91 Å². The number of likely N-dealkylation sites (tertiary alicyclic amines) is 1. The van der Waals surface area contributed by atoms with Gasteiger partial charge in [-0.1, -0.05) is 12.8 Å². The van der Waals surface area contributed by atoms with Gasteiger partial charge in [0.05, 0.1) is 6.61 Å². The van der Waals surface area contributed by atoms with E-state index in [4.69, 9.17) is 0 Å². The number of nitrogens with one attached hydrogen (secondary N) is 2. The molecule has 1 aromatic carbocycles. The Balaban J connectivity index is 1.69. The second-order valence-electron chi connectivity index (χ2n) is 5.98. The number of amides is 2. The Bertz CT molecular complexity index is 721. The minimum Gasteiger partial charge on any atom is -0.394 e. The van der Waals surface area contributed by atoms with Crippen LogP contribution < -0.4 is 5.32 Å². The van der Waals surface area contributed by atoms with E-state index in [0.717, 1.165) is 25.7 Å². The lowest BCUT2D eigenvalue weighted by Crippen LogP contribution is -2.50. The Morgan fingerprint density at radius 1 is 1.17 bits per heavy atom. The maximum atomic E-state index is 12.5. The third-order valence-corrected chi connectivity index (χ3v) is 4.28. The monoisotopic (exact) mass is 331 g/mol. The van der Waals surface area contributed by atoms with E-state index in [1.807, 2.05) is 0 Å². The summed E-state index contributed by atoms with van der Waals surface area (Å²) < 4.78 is 0. The molecule has 2 heterocycles. The number of aliphatic hydroxyl groups excluding tert-OH is 1. The molecule has 3 N–H and O–H groups in total. The number of rotatable bonds is 4. The fourth-order valence-corrected chi connectivity index (χ4v) is 2.92. The highest BCUT2D eigenvalue weighted by Gasteiger charge is 2.26. The number of hydrogen-bond donors (Lipinski definition) is 3. The predicted molar refractivity (Wildman–Crippen MR) is 87.3 cm³/mol. The van der Waals surface area contributed by atoms with Crippen LogP contribution in [0.2, 0.25) is 0 Å². The number of nitrogens with zero attached hydrogens (tertiary/aromatic N) is 3. The molecule has 1 fully saturated rings. The van der Waals surface area contributed by atoms with Gasteiger partial charge in [0.15, 0.2) is 0 Å². The van der Waals surface area contributed by atoms with Gasteiger partial charge < -0.3 is 15.3 Å². The van der Waals surface area contributed by atoms with Crippen molar-refractivity contribution >= 4 is 22.8 Å². The Kier molecular flexibility index (Phi) is 5.05. The molecule has 8 nitrogen and oxygen atoms in total. The maximum absolute atomic E-state index is 12.5. The van der Waals surface area contributed by atoms with Gasteiger partial charge in [-0.3, -0.25) is 9.59 Å². The largest absolute Gasteiger partial charge is 0.394 e. The number of aromatic nitrogens is 3. The summed E-state index contributed by atoms with van der Waals surface area (Å²) in [4.78, 5) is 26.7. The number of H-pyrrole nitrogens is 1. The molecule has 1 aromatic heterocycles. The first-order valence-corrected chi connectivity index (χ1v) is 8.20. The molecule has 24 heavy (non-hydrogen) atoms. The minimum absolute atomic E-state index is 0.227. The van der Waals surface area contributed by atoms with Gasteiger partial charge in [-0.15, -0.1) is 0 Å². The molecule has 0 saturated carbocycles. The lowest BCUT2D eigenvalue weighted by Gasteiger charge is -2.25. The zero-order chi connectivity index (χ0) is 16.9. The second-order valence-corrected chi connectivity index (χ2v) is 5.98. The summed E-state index contributed by atoms with van der Waals surface area (Å²) in [6.07, 6.45) is 4.14. The predicted octanol–water partition coefficient (Wildman–Crippen LogP) is 0.451. The summed E-state index contributed by atoms with van der Waals surface area (Å²) >= 11 is 0. The summed E-state index contributed by atoms with van der Waals surface area (Å²) in [7, 11) is 0. The second kappa shape index (κ2) is 7.39. The molecule has 2 amide bonds. The summed E-state index contributed by atoms with van der Waals surface area (Å²) in [6, 6.07) is 3.96. The summed E-state index contributed by atoms with van der Waals surface area (Å²) in [6.45, 7) is 0.930. The minimum atomic E-state index is -0.927. The van der Waals surface area contributed by atoms with Crippen LogP contribution >= 0.6 is 0 Å². The van der Waals surface area contributed by atoms with Crippen LogP contribution in [0.3, 0.4) is 0 Å². The van der Waals surface area contributed by atoms with Crippen molar-refractivity contribution in [2.75, 3.05) is 19.7 Å². The molecule has 0 spiro atoms. The third-order valence-electron chi connectivity index (χ3n) is 4.28. The Labute approximate surface area is 139 Å². The van der Waals surface area contributed by atoms with E-state index >= 15 is 0 Å². The number of hydrogen-bond acceptors (Lipinski definition) is 5. The summed E-state index contributed by atoms with van der Waals surface area (Å²) in [5.74, 6) is -0.641. The lowest BCUT2D eigenvalue weighted by atomic mass is 10.1. The third kappa shape index (κ3) is 3.53. The fourth-order valence-electron chi connectivity index (χ4n) is 2.92. The lowest BCUT2D eigenvalue weighted by molar-refractivity contribution is -0.134. The average Bonchev–Trinajstić information content (AvgIpc) is 2.90. The number of benzene rings is 1. The van der Waals surface area contributed by atoms with E-state index in [2.05, 4.69) is 20.7 Å². The first-order valence-electron chi connectivity index (χ1n) is 8.20. The van der Waals surface area contributed by atoms with Crippen molar-refractivity contribution < 1.29 is 14.7 Å². The van der Waals surface area contributed by atoms with Crippen LogP contribution in [-0.2, 0) is 4.79 Å². The van der Waals surface area contributed by atoms with Crippen LogP contribution in [-0.4, -0.2) is 63.0 Å². The molecule has 1 aliphatic rings. The molecule has 1 saturated heterocycles. The number of carbonyl (C=O) groups excluding carboxylic acids is 2. The van der Waals surface area contributed by atoms with Gasteiger partial charge in [0, 0.05) is 18.7 Å². The highest BCUT2D eigenvalue weighted by Crippen LogP contribution is 2.13. The smallest absolute Gasteiger partial charge is 0.252 e. The van der Waals surface area contributed by atoms with Gasteiger partial charge in [-0.25, -0.2) is 0 Å². The van der Waals surface area contributed by atoms with E-state index in [-0.39, 0.29) is 5.91 Å². The van der Waals surface area contributed by atoms with Crippen molar-refractivity contribution in [1.82, 2.24) is 25.6 Å². The quantitative estimate of drug-likeness (QED) is 0.753. The van der Waals surface area contributed by atoms with Crippen molar-refractivity contribution in [3.05, 3.63) is 23.8 Å². The van der Waals surface area contributed by atoms with Crippen molar-refractivity contribution in [2.24, 2.45) is 0 Å². The van der Waals surface area contributed by atoms with Crippen molar-refractivity contribution in [3.63, 3.8) is 0 Å². The highest BCUT2D eigenvalue weighted by atomic mass is 16.3. The average molecular weight is 331 g/mol. The van der Waals surface area contributed by atoms with E-state index < -0.39 is 18.6 Å². The van der Waals surface area contributed by atoms with Crippen LogP contribution in [0.25, 0.3) is 11.0 Å². The van der Waals surface area contributed by atoms with Gasteiger partial charge in [0.25, 0.3) is 5.91 Å². The van der Waals surface area contributed by atoms with Gasteiger partial charge in [0.1, 0.15) is 17.1 Å². The summed E-state index contributed by atoms with van der Waals surface area (Å²) in [5, 5.41) is 22.5. The zero-order valence-corrected chi connectivity index (χ0v) is 13.4. The van der Waals surface area contributed by atoms with E-state index in [1.165, 1.54) is 0 Å². The number of fused-ring (bicyclic) bond motifs is 1. The molecular formula is C16H21N5O3. The molecule has 8 heteroatoms. The molecule has 0 bridgehead atoms. The Morgan fingerprint density at radius 2 is 1.88 bits per heavy atom. The van der Waals surface area contributed by atoms with Crippen LogP contribution in [0.15, 0.2) is 18.2 Å². The molecular weight excluding hydrogens is 310 g/mol. The van der Waals surface area contributed by atoms with Crippen LogP contribution in [0, 0.1) is 0 Å². The van der Waals surface area contributed by atoms with Crippen LogP contribution in [0.4, 0.5) is 0 Å². The molecule has 0 unspecified atom stereocenters. The van der Waals surface area contributed by atoms with Gasteiger partial charge in [-0.2, -0.15) is 15.4 Å². The molecule has 1 atom stereocenters. The molecule has 0 radical (unpaired) electrons. The van der Waals surface area contributed by atoms with Crippen molar-refractivity contribution in [2.45, 2.75) is 31.7 Å². The maximum Gasteiger partial charge on any atom is 0.252 e.